The van der Waals surface area contributed by atoms with E-state index in [9.17, 15) is 14.4 Å². The molecule has 3 rings (SSSR count). The number of hydrogen-bond acceptors (Lipinski definition) is 11. The topological polar surface area (TPSA) is 201 Å². The predicted molar refractivity (Wildman–Crippen MR) is 183 cm³/mol. The van der Waals surface area contributed by atoms with Crippen molar-refractivity contribution in [3.8, 4) is 0 Å². The molecule has 282 valence electrons. The third-order valence-electron chi connectivity index (χ3n) is 3.85. The van der Waals surface area contributed by atoms with Gasteiger partial charge in [-0.15, -0.1) is 34.8 Å². The van der Waals surface area contributed by atoms with Crippen LogP contribution in [0.4, 0.5) is 34.6 Å². The van der Waals surface area contributed by atoms with Crippen molar-refractivity contribution in [3.63, 3.8) is 0 Å². The number of carbonyl (C=O) groups excluding carboxylic acids is 2. The normalized spacial score (nSPS) is 7.47. The van der Waals surface area contributed by atoms with E-state index in [4.69, 9.17) is 51.6 Å². The first-order chi connectivity index (χ1) is 21.5. The second kappa shape index (κ2) is 43.7. The molecule has 3 aromatic rings. The number of carboxylic acids is 1. The third-order valence-corrected chi connectivity index (χ3v) is 3.85. The van der Waals surface area contributed by atoms with E-state index >= 15 is 0 Å². The molecule has 4 N–H and O–H groups in total. The lowest BCUT2D eigenvalue weighted by atomic mass is 10.2. The number of halogens is 9. The predicted octanol–water partition coefficient (Wildman–Crippen LogP) is 7.53. The standard InChI is InChI=1S/C8H6N2O2.C8H10N2O2.C7H4N2O2.CH4O.CH4.Cl2OS.2ClH.2F2.FH.2H2/c1-9-7-4-3-6(5-10-7)8(11)12-2;1-12-8(11)6-2-3-7(4-9)10-5-6;1-8-6-3-2-5(4-9-6)7(10)11;1-2;;1-4(2)3;;;2*1-2;;;/h3-5H,2H3;2-3,5H,4,9H2,1H3;2-4H,(H,10,11);2H,1H3;1H4;;2*1H;;;3*1H/i;;;;;;;;;;;1+1;. The minimum Gasteiger partial charge on any atom is -0.478 e. The second-order valence-corrected chi connectivity index (χ2v) is 8.77. The fraction of sp³-hybridized carbons (Fsp3) is 0.200. The van der Waals surface area contributed by atoms with Crippen molar-refractivity contribution in [1.82, 2.24) is 15.0 Å². The number of aromatic carboxylic acids is 1. The molecule has 3 heterocycles. The van der Waals surface area contributed by atoms with Gasteiger partial charge in [0.05, 0.1) is 31.0 Å². The summed E-state index contributed by atoms with van der Waals surface area (Å²) in [6.45, 7) is 13.5. The third kappa shape index (κ3) is 33.4. The van der Waals surface area contributed by atoms with Gasteiger partial charge in [-0.05, 0) is 24.3 Å². The summed E-state index contributed by atoms with van der Waals surface area (Å²) in [5.41, 5.74) is 6.97. The molecule has 0 fully saturated rings. The first kappa shape index (κ1) is 63.4. The van der Waals surface area contributed by atoms with E-state index in [-0.39, 0.29) is 63.0 Å². The summed E-state index contributed by atoms with van der Waals surface area (Å²) in [4.78, 5) is 49.4. The smallest absolute Gasteiger partial charge is 0.341 e. The van der Waals surface area contributed by atoms with Crippen LogP contribution in [0.1, 0.15) is 47.0 Å². The van der Waals surface area contributed by atoms with E-state index in [1.54, 1.807) is 12.1 Å². The molecular formula is C25H35Cl4F5N6O8S. The second-order valence-electron chi connectivity index (χ2n) is 6.25. The number of aromatic nitrogens is 3. The molecular weight excluding hydrogens is 781 g/mol. The monoisotopic (exact) mass is 815 g/mol. The van der Waals surface area contributed by atoms with Crippen molar-refractivity contribution in [2.75, 3.05) is 21.3 Å². The lowest BCUT2D eigenvalue weighted by Crippen LogP contribution is -2.04. The minimum atomic E-state index is -1.67. The van der Waals surface area contributed by atoms with E-state index in [0.29, 0.717) is 17.7 Å². The van der Waals surface area contributed by atoms with Gasteiger partial charge in [-0.2, -0.15) is 0 Å². The van der Waals surface area contributed by atoms with Crippen molar-refractivity contribution in [2.24, 2.45) is 5.73 Å². The number of nitrogens with two attached hydrogens (primary N) is 1. The highest BCUT2D eigenvalue weighted by molar-refractivity contribution is 8.26. The van der Waals surface area contributed by atoms with Gasteiger partial charge in [0, 0.05) is 62.4 Å². The van der Waals surface area contributed by atoms with Crippen molar-refractivity contribution in [1.29, 1.82) is 0 Å². The van der Waals surface area contributed by atoms with Gasteiger partial charge in [0.1, 0.15) is 18.0 Å². The maximum atomic E-state index is 10.9. The summed E-state index contributed by atoms with van der Waals surface area (Å²) < 4.78 is 50.0. The van der Waals surface area contributed by atoms with Crippen molar-refractivity contribution in [2.45, 2.75) is 14.0 Å². The maximum Gasteiger partial charge on any atom is 0.341 e. The Kier molecular flexibility index (Phi) is 56.6. The summed E-state index contributed by atoms with van der Waals surface area (Å²) in [5.74, 6) is -1.39. The molecule has 0 aromatic carbocycles. The Bertz CT molecular complexity index is 1370. The van der Waals surface area contributed by atoms with Gasteiger partial charge in [0.2, 0.25) is 9.23 Å². The molecule has 0 atom stereocenters. The molecule has 3 aromatic heterocycles. The highest BCUT2D eigenvalue weighted by atomic mass is 36.0. The van der Waals surface area contributed by atoms with E-state index in [0.717, 1.165) is 19.0 Å². The van der Waals surface area contributed by atoms with Crippen molar-refractivity contribution >= 4 is 84.9 Å². The Balaban J connectivity index is -0.0000000520. The van der Waals surface area contributed by atoms with Crippen LogP contribution in [0.15, 0.2) is 55.0 Å². The van der Waals surface area contributed by atoms with Gasteiger partial charge in [-0.1, -0.05) is 32.7 Å². The van der Waals surface area contributed by atoms with Gasteiger partial charge in [-0.25, -0.2) is 18.6 Å². The van der Waals surface area contributed by atoms with Crippen molar-refractivity contribution in [3.05, 3.63) is 100 Å². The average Bonchev–Trinajstić information content (AvgIpc) is 3.10. The lowest BCUT2D eigenvalue weighted by molar-refractivity contribution is 0.0591. The first-order valence-corrected chi connectivity index (χ1v) is 13.5. The number of aliphatic hydroxyl groups excluding tert-OH is 1. The van der Waals surface area contributed by atoms with E-state index in [1.165, 1.54) is 50.9 Å². The molecule has 49 heavy (non-hydrogen) atoms. The molecule has 0 saturated heterocycles. The number of rotatable bonds is 4. The number of aliphatic hydroxyl groups is 1. The van der Waals surface area contributed by atoms with Crippen LogP contribution in [0, 0.1) is 13.1 Å². The molecule has 0 aliphatic heterocycles. The highest BCUT2D eigenvalue weighted by Crippen LogP contribution is 2.09. The molecule has 0 saturated carbocycles. The van der Waals surface area contributed by atoms with Gasteiger partial charge in [0.15, 0.2) is 0 Å². The average molecular weight is 817 g/mol. The number of hydrogen-bond donors (Lipinski definition) is 3. The molecule has 0 unspecified atom stereocenters. The number of carbonyl (C=O) groups is 3. The van der Waals surface area contributed by atoms with E-state index in [2.05, 4.69) is 55.5 Å². The summed E-state index contributed by atoms with van der Waals surface area (Å²) in [5, 5.41) is 15.4. The molecule has 0 amide bonds. The molecule has 0 spiro atoms. The summed E-state index contributed by atoms with van der Waals surface area (Å²) in [7, 11) is 11.0. The van der Waals surface area contributed by atoms with Crippen LogP contribution in [0.25, 0.3) is 9.69 Å². The summed E-state index contributed by atoms with van der Waals surface area (Å²) >= 11 is 0. The quantitative estimate of drug-likeness (QED) is 0.101. The zero-order chi connectivity index (χ0) is 35.8. The Morgan fingerprint density at radius 3 is 1.35 bits per heavy atom. The number of esters is 2. The SMILES string of the molecule is C.CO.COC(=O)c1ccc(CN)nc1.Cl.Cl.F.FF.FF.O=S(Cl)Cl.[2HH].[C-]#[N+]c1ccc(C(=O)O)cn1.[C-]#[N+]c1ccc(C(=O)OC)cn1.[HH]. The number of methoxy groups -OCH3 is 2. The largest absolute Gasteiger partial charge is 0.478 e. The van der Waals surface area contributed by atoms with Crippen LogP contribution in [0.5, 0.6) is 0 Å². The molecule has 14 nitrogen and oxygen atoms in total. The maximum absolute atomic E-state index is 10.9. The zero-order valence-corrected chi connectivity index (χ0v) is 28.4. The van der Waals surface area contributed by atoms with Crippen molar-refractivity contribution < 1.29 is 64.1 Å². The number of carboxylic acid groups (broad SMARTS) is 1. The van der Waals surface area contributed by atoms with E-state index < -0.39 is 21.2 Å². The Morgan fingerprint density at radius 1 is 0.837 bits per heavy atom. The summed E-state index contributed by atoms with van der Waals surface area (Å²) in [6, 6.07) is 9.04. The molecule has 0 aliphatic carbocycles. The number of ether oxygens (including phenoxy) is 2. The zero-order valence-electron chi connectivity index (χ0n) is 24.5. The Hall–Kier alpha value is -4.28. The first-order valence-electron chi connectivity index (χ1n) is 10.7. The van der Waals surface area contributed by atoms with Crippen LogP contribution in [0.3, 0.4) is 0 Å². The fourth-order valence-corrected chi connectivity index (χ4v) is 2.05. The molecule has 24 heteroatoms. The molecule has 0 aliphatic rings. The Labute approximate surface area is 304 Å². The van der Waals surface area contributed by atoms with Crippen LogP contribution >= 0.6 is 46.2 Å². The van der Waals surface area contributed by atoms with Gasteiger partial charge < -0.3 is 35.1 Å². The van der Waals surface area contributed by atoms with E-state index in [1.807, 2.05) is 0 Å². The van der Waals surface area contributed by atoms with Crippen LogP contribution < -0.4 is 5.73 Å². The van der Waals surface area contributed by atoms with Crippen LogP contribution in [-0.4, -0.2) is 68.6 Å². The van der Waals surface area contributed by atoms with Crippen LogP contribution in [0.2, 0.25) is 0 Å². The molecule has 0 radical (unpaired) electrons. The number of nitrogens with zero attached hydrogens (tertiary/aromatic N) is 5. The molecule has 0 bridgehead atoms. The van der Waals surface area contributed by atoms with Crippen LogP contribution in [-0.2, 0) is 25.2 Å². The Morgan fingerprint density at radius 2 is 1.14 bits per heavy atom. The fourth-order valence-electron chi connectivity index (χ4n) is 2.05. The highest BCUT2D eigenvalue weighted by Gasteiger charge is 2.06. The lowest BCUT2D eigenvalue weighted by Gasteiger charge is -1.98. The van der Waals surface area contributed by atoms with Gasteiger partial charge in [0.25, 0.3) is 11.6 Å². The summed E-state index contributed by atoms with van der Waals surface area (Å²) in [6.07, 6.45) is 3.93. The minimum absolute atomic E-state index is 0. The van der Waals surface area contributed by atoms with Gasteiger partial charge >= 0.3 is 17.9 Å². The van der Waals surface area contributed by atoms with Gasteiger partial charge in [-0.3, -0.25) is 9.69 Å². The number of pyridine rings is 3.